The number of halogens is 2. The maximum atomic E-state index is 13.0. The third-order valence-corrected chi connectivity index (χ3v) is 5.35. The van der Waals surface area contributed by atoms with Gasteiger partial charge in [-0.25, -0.2) is 4.39 Å². The summed E-state index contributed by atoms with van der Waals surface area (Å²) in [6, 6.07) is 5.51. The molecule has 2 unspecified atom stereocenters. The first-order valence-electron chi connectivity index (χ1n) is 6.48. The van der Waals surface area contributed by atoms with E-state index in [-0.39, 0.29) is 5.82 Å². The molecule has 100 valence electrons. The van der Waals surface area contributed by atoms with Crippen LogP contribution >= 0.6 is 27.7 Å². The van der Waals surface area contributed by atoms with Crippen LogP contribution in [0.5, 0.6) is 0 Å². The van der Waals surface area contributed by atoms with Crippen molar-refractivity contribution in [1.29, 1.82) is 0 Å². The van der Waals surface area contributed by atoms with Crippen LogP contribution in [0, 0.1) is 5.82 Å². The number of hydrogen-bond acceptors (Lipinski definition) is 2. The van der Waals surface area contributed by atoms with Crippen molar-refractivity contribution in [2.75, 3.05) is 5.75 Å². The van der Waals surface area contributed by atoms with E-state index in [2.05, 4.69) is 39.9 Å². The Bertz CT molecular complexity index is 399. The first-order chi connectivity index (χ1) is 8.69. The summed E-state index contributed by atoms with van der Waals surface area (Å²) < 4.78 is 13.8. The van der Waals surface area contributed by atoms with E-state index in [1.807, 2.05) is 6.07 Å². The average molecular weight is 332 g/mol. The Morgan fingerprint density at radius 2 is 2.28 bits per heavy atom. The lowest BCUT2D eigenvalue weighted by Gasteiger charge is -2.14. The second-order valence-corrected chi connectivity index (χ2v) is 7.14. The molecule has 1 aromatic rings. The molecule has 18 heavy (non-hydrogen) atoms. The van der Waals surface area contributed by atoms with Gasteiger partial charge in [-0.1, -0.05) is 28.9 Å². The van der Waals surface area contributed by atoms with Crippen molar-refractivity contribution >= 4 is 27.7 Å². The van der Waals surface area contributed by atoms with Gasteiger partial charge in [-0.2, -0.15) is 11.8 Å². The zero-order valence-electron chi connectivity index (χ0n) is 10.6. The minimum Gasteiger partial charge on any atom is -0.310 e. The summed E-state index contributed by atoms with van der Waals surface area (Å²) in [4.78, 5) is 0. The molecule has 0 aromatic heterocycles. The van der Waals surface area contributed by atoms with Crippen molar-refractivity contribution < 1.29 is 4.39 Å². The molecule has 1 nitrogen and oxygen atoms in total. The number of thioether (sulfide) groups is 1. The summed E-state index contributed by atoms with van der Waals surface area (Å²) in [7, 11) is 0. The second kappa shape index (κ2) is 6.92. The fourth-order valence-corrected chi connectivity index (χ4v) is 4.07. The van der Waals surface area contributed by atoms with Gasteiger partial charge < -0.3 is 5.32 Å². The third kappa shape index (κ3) is 3.97. The quantitative estimate of drug-likeness (QED) is 0.860. The number of nitrogens with one attached hydrogen (secondary N) is 1. The van der Waals surface area contributed by atoms with Crippen molar-refractivity contribution in [2.45, 2.75) is 44.0 Å². The van der Waals surface area contributed by atoms with Crippen LogP contribution in [-0.2, 0) is 6.54 Å². The summed E-state index contributed by atoms with van der Waals surface area (Å²) >= 11 is 5.48. The summed E-state index contributed by atoms with van der Waals surface area (Å²) in [5.41, 5.74) is 1.13. The van der Waals surface area contributed by atoms with Crippen LogP contribution in [0.2, 0.25) is 0 Å². The maximum absolute atomic E-state index is 13.0. The Morgan fingerprint density at radius 1 is 1.44 bits per heavy atom. The molecular formula is C14H19BrFNS. The minimum atomic E-state index is -0.189. The Labute approximate surface area is 121 Å². The van der Waals surface area contributed by atoms with Gasteiger partial charge in [0.2, 0.25) is 0 Å². The molecule has 1 fully saturated rings. The molecule has 0 radical (unpaired) electrons. The van der Waals surface area contributed by atoms with E-state index in [4.69, 9.17) is 0 Å². The van der Waals surface area contributed by atoms with E-state index in [0.29, 0.717) is 6.04 Å². The summed E-state index contributed by atoms with van der Waals surface area (Å²) in [5, 5.41) is 4.40. The molecule has 1 aliphatic carbocycles. The van der Waals surface area contributed by atoms with Gasteiger partial charge in [0.15, 0.2) is 0 Å². The van der Waals surface area contributed by atoms with Crippen molar-refractivity contribution in [2.24, 2.45) is 0 Å². The lowest BCUT2D eigenvalue weighted by molar-refractivity contribution is 0.523. The minimum absolute atomic E-state index is 0.189. The second-order valence-electron chi connectivity index (χ2n) is 4.70. The van der Waals surface area contributed by atoms with E-state index >= 15 is 0 Å². The molecule has 0 heterocycles. The molecule has 0 amide bonds. The first kappa shape index (κ1) is 14.4. The molecule has 0 aliphatic heterocycles. The Balaban J connectivity index is 1.81. The SMILES string of the molecule is CCSC1CCC(NCc2ccc(F)cc2Br)C1. The zero-order chi connectivity index (χ0) is 13.0. The highest BCUT2D eigenvalue weighted by Gasteiger charge is 2.23. The van der Waals surface area contributed by atoms with Crippen molar-refractivity contribution in [3.8, 4) is 0 Å². The highest BCUT2D eigenvalue weighted by atomic mass is 79.9. The van der Waals surface area contributed by atoms with Gasteiger partial charge in [-0.05, 0) is 42.7 Å². The van der Waals surface area contributed by atoms with Crippen LogP contribution in [-0.4, -0.2) is 17.0 Å². The van der Waals surface area contributed by atoms with Gasteiger partial charge in [-0.3, -0.25) is 0 Å². The van der Waals surface area contributed by atoms with Gasteiger partial charge >= 0.3 is 0 Å². The van der Waals surface area contributed by atoms with E-state index in [0.717, 1.165) is 21.8 Å². The van der Waals surface area contributed by atoms with E-state index in [9.17, 15) is 4.39 Å². The Morgan fingerprint density at radius 3 is 3.00 bits per heavy atom. The van der Waals surface area contributed by atoms with Gasteiger partial charge in [0, 0.05) is 22.3 Å². The van der Waals surface area contributed by atoms with Crippen LogP contribution in [0.4, 0.5) is 4.39 Å². The normalized spacial score (nSPS) is 23.5. The predicted octanol–water partition coefficient (Wildman–Crippen LogP) is 4.35. The van der Waals surface area contributed by atoms with Crippen molar-refractivity contribution in [3.63, 3.8) is 0 Å². The standard InChI is InChI=1S/C14H19BrFNS/c1-2-18-13-6-5-12(8-13)17-9-10-3-4-11(16)7-14(10)15/h3-4,7,12-13,17H,2,5-6,8-9H2,1H3. The van der Waals surface area contributed by atoms with Crippen LogP contribution < -0.4 is 5.32 Å². The van der Waals surface area contributed by atoms with Crippen LogP contribution in [0.1, 0.15) is 31.7 Å². The lowest BCUT2D eigenvalue weighted by atomic mass is 10.2. The number of rotatable bonds is 5. The molecule has 1 aromatic carbocycles. The van der Waals surface area contributed by atoms with E-state index < -0.39 is 0 Å². The summed E-state index contributed by atoms with van der Waals surface area (Å²) in [5.74, 6) is 1.02. The smallest absolute Gasteiger partial charge is 0.124 e. The van der Waals surface area contributed by atoms with Gasteiger partial charge in [0.05, 0.1) is 0 Å². The predicted molar refractivity (Wildman–Crippen MR) is 80.5 cm³/mol. The molecule has 1 aliphatic rings. The third-order valence-electron chi connectivity index (χ3n) is 3.38. The first-order valence-corrected chi connectivity index (χ1v) is 8.32. The largest absolute Gasteiger partial charge is 0.310 e. The monoisotopic (exact) mass is 331 g/mol. The van der Waals surface area contributed by atoms with Gasteiger partial charge in [0.1, 0.15) is 5.82 Å². The fourth-order valence-electron chi connectivity index (χ4n) is 2.43. The molecule has 0 saturated heterocycles. The maximum Gasteiger partial charge on any atom is 0.124 e. The molecule has 2 rings (SSSR count). The van der Waals surface area contributed by atoms with Crippen LogP contribution in [0.3, 0.4) is 0 Å². The average Bonchev–Trinajstić information content (AvgIpc) is 2.76. The van der Waals surface area contributed by atoms with E-state index in [1.165, 1.54) is 37.1 Å². The van der Waals surface area contributed by atoms with Crippen molar-refractivity contribution in [1.82, 2.24) is 5.32 Å². The highest BCUT2D eigenvalue weighted by molar-refractivity contribution is 9.10. The van der Waals surface area contributed by atoms with Crippen LogP contribution in [0.25, 0.3) is 0 Å². The fraction of sp³-hybridized carbons (Fsp3) is 0.571. The molecule has 2 atom stereocenters. The number of hydrogen-bond donors (Lipinski definition) is 1. The Hall–Kier alpha value is -0.0600. The lowest BCUT2D eigenvalue weighted by Crippen LogP contribution is -2.26. The Kier molecular flexibility index (Phi) is 5.52. The zero-order valence-corrected chi connectivity index (χ0v) is 13.0. The summed E-state index contributed by atoms with van der Waals surface area (Å²) in [6.45, 7) is 3.04. The topological polar surface area (TPSA) is 12.0 Å². The number of benzene rings is 1. The van der Waals surface area contributed by atoms with E-state index in [1.54, 1.807) is 0 Å². The van der Waals surface area contributed by atoms with Crippen molar-refractivity contribution in [3.05, 3.63) is 34.1 Å². The molecule has 0 bridgehead atoms. The molecule has 1 N–H and O–H groups in total. The van der Waals surface area contributed by atoms with Gasteiger partial charge in [0.25, 0.3) is 0 Å². The molecule has 0 spiro atoms. The molecule has 4 heteroatoms. The van der Waals surface area contributed by atoms with Crippen LogP contribution in [0.15, 0.2) is 22.7 Å². The van der Waals surface area contributed by atoms with Gasteiger partial charge in [-0.15, -0.1) is 0 Å². The summed E-state index contributed by atoms with van der Waals surface area (Å²) in [6.07, 6.45) is 3.84. The molecule has 1 saturated carbocycles. The molecular weight excluding hydrogens is 313 g/mol. The highest BCUT2D eigenvalue weighted by Crippen LogP contribution is 2.30.